The Balaban J connectivity index is 1.82. The Morgan fingerprint density at radius 2 is 1.90 bits per heavy atom. The van der Waals surface area contributed by atoms with Crippen LogP contribution in [0.5, 0.6) is 5.75 Å². The van der Waals surface area contributed by atoms with Gasteiger partial charge in [0, 0.05) is 18.7 Å². The first kappa shape index (κ1) is 13.6. The van der Waals surface area contributed by atoms with Crippen molar-refractivity contribution >= 4 is 5.69 Å². The lowest BCUT2D eigenvalue weighted by molar-refractivity contribution is -0.384. The van der Waals surface area contributed by atoms with Gasteiger partial charge in [-0.25, -0.2) is 0 Å². The monoisotopic (exact) mass is 284 g/mol. The second-order valence-corrected chi connectivity index (χ2v) is 5.01. The molecule has 0 saturated carbocycles. The van der Waals surface area contributed by atoms with Crippen LogP contribution in [0.3, 0.4) is 0 Å². The van der Waals surface area contributed by atoms with E-state index < -0.39 is 4.92 Å². The van der Waals surface area contributed by atoms with Crippen LogP contribution in [0.25, 0.3) is 0 Å². The quantitative estimate of drug-likeness (QED) is 0.695. The number of hydrogen-bond acceptors (Lipinski definition) is 4. The van der Waals surface area contributed by atoms with E-state index in [2.05, 4.69) is 17.4 Å². The minimum atomic E-state index is -0.410. The highest BCUT2D eigenvalue weighted by Gasteiger charge is 2.19. The van der Waals surface area contributed by atoms with Crippen molar-refractivity contribution in [2.24, 2.45) is 0 Å². The molecular formula is C16H16N2O3. The molecule has 0 aromatic heterocycles. The maximum atomic E-state index is 10.7. The van der Waals surface area contributed by atoms with Gasteiger partial charge in [-0.2, -0.15) is 0 Å². The van der Waals surface area contributed by atoms with Gasteiger partial charge < -0.3 is 10.1 Å². The van der Waals surface area contributed by atoms with Gasteiger partial charge in [-0.15, -0.1) is 0 Å². The molecule has 2 aromatic carbocycles. The third kappa shape index (κ3) is 3.03. The summed E-state index contributed by atoms with van der Waals surface area (Å²) in [6.45, 7) is 1.66. The smallest absolute Gasteiger partial charge is 0.269 e. The fraction of sp³-hybridized carbons (Fsp3) is 0.250. The van der Waals surface area contributed by atoms with Crippen LogP contribution in [0, 0.1) is 10.1 Å². The van der Waals surface area contributed by atoms with Crippen LogP contribution in [0.4, 0.5) is 5.69 Å². The standard InChI is InChI=1S/C16H16N2O3/c19-18(20)13-5-7-14(8-6-13)21-16-11-17-10-9-12-3-1-2-4-15(12)16/h1-8,16-17H,9-11H2. The number of fused-ring (bicyclic) bond motifs is 1. The molecule has 2 aromatic rings. The zero-order valence-electron chi connectivity index (χ0n) is 11.5. The SMILES string of the molecule is O=[N+]([O-])c1ccc(OC2CNCCc3ccccc32)cc1. The summed E-state index contributed by atoms with van der Waals surface area (Å²) in [5.74, 6) is 0.643. The number of ether oxygens (including phenoxy) is 1. The van der Waals surface area contributed by atoms with Crippen molar-refractivity contribution in [1.29, 1.82) is 0 Å². The van der Waals surface area contributed by atoms with Crippen LogP contribution >= 0.6 is 0 Å². The molecule has 5 heteroatoms. The minimum absolute atomic E-state index is 0.0711. The highest BCUT2D eigenvalue weighted by atomic mass is 16.6. The maximum absolute atomic E-state index is 10.7. The Kier molecular flexibility index (Phi) is 3.83. The summed E-state index contributed by atoms with van der Waals surface area (Å²) in [5, 5.41) is 14.0. The van der Waals surface area contributed by atoms with Crippen LogP contribution in [0.2, 0.25) is 0 Å². The Morgan fingerprint density at radius 3 is 2.67 bits per heavy atom. The van der Waals surface area contributed by atoms with Gasteiger partial charge in [0.25, 0.3) is 5.69 Å². The van der Waals surface area contributed by atoms with E-state index in [1.54, 1.807) is 12.1 Å². The van der Waals surface area contributed by atoms with E-state index in [9.17, 15) is 10.1 Å². The number of non-ortho nitro benzene ring substituents is 1. The molecule has 21 heavy (non-hydrogen) atoms. The molecule has 1 N–H and O–H groups in total. The van der Waals surface area contributed by atoms with Gasteiger partial charge in [0.15, 0.2) is 0 Å². The molecule has 0 bridgehead atoms. The van der Waals surface area contributed by atoms with E-state index in [0.717, 1.165) is 19.5 Å². The molecule has 3 rings (SSSR count). The van der Waals surface area contributed by atoms with Crippen LogP contribution in [-0.2, 0) is 6.42 Å². The lowest BCUT2D eigenvalue weighted by atomic mass is 10.0. The molecule has 1 aliphatic rings. The minimum Gasteiger partial charge on any atom is -0.484 e. The Bertz CT molecular complexity index is 640. The van der Waals surface area contributed by atoms with Gasteiger partial charge in [-0.05, 0) is 36.2 Å². The predicted octanol–water partition coefficient (Wildman–Crippen LogP) is 2.86. The van der Waals surface area contributed by atoms with Crippen molar-refractivity contribution in [2.75, 3.05) is 13.1 Å². The van der Waals surface area contributed by atoms with E-state index in [0.29, 0.717) is 5.75 Å². The number of nitro benzene ring substituents is 1. The Labute approximate surface area is 122 Å². The van der Waals surface area contributed by atoms with Gasteiger partial charge in [-0.3, -0.25) is 10.1 Å². The molecule has 0 spiro atoms. The number of nitrogens with one attached hydrogen (secondary N) is 1. The fourth-order valence-electron chi connectivity index (χ4n) is 2.56. The summed E-state index contributed by atoms with van der Waals surface area (Å²) in [6.07, 6.45) is 0.904. The molecule has 1 aliphatic heterocycles. The second kappa shape index (κ2) is 5.93. The first-order valence-electron chi connectivity index (χ1n) is 6.93. The summed E-state index contributed by atoms with van der Waals surface area (Å²) in [4.78, 5) is 10.3. The maximum Gasteiger partial charge on any atom is 0.269 e. The van der Waals surface area contributed by atoms with Crippen LogP contribution in [0.15, 0.2) is 48.5 Å². The predicted molar refractivity (Wildman–Crippen MR) is 79.5 cm³/mol. The van der Waals surface area contributed by atoms with Crippen LogP contribution in [-0.4, -0.2) is 18.0 Å². The lowest BCUT2D eigenvalue weighted by Crippen LogP contribution is -2.23. The van der Waals surface area contributed by atoms with E-state index in [-0.39, 0.29) is 11.8 Å². The Morgan fingerprint density at radius 1 is 1.14 bits per heavy atom. The van der Waals surface area contributed by atoms with Crippen molar-refractivity contribution in [2.45, 2.75) is 12.5 Å². The number of hydrogen-bond donors (Lipinski definition) is 1. The Hall–Kier alpha value is -2.40. The van der Waals surface area contributed by atoms with Crippen molar-refractivity contribution in [3.8, 4) is 5.75 Å². The number of rotatable bonds is 3. The number of benzene rings is 2. The average Bonchev–Trinajstić information content (AvgIpc) is 2.71. The van der Waals surface area contributed by atoms with Crippen molar-refractivity contribution in [1.82, 2.24) is 5.32 Å². The summed E-state index contributed by atoms with van der Waals surface area (Å²) in [6, 6.07) is 14.5. The molecule has 0 radical (unpaired) electrons. The number of nitro groups is 1. The van der Waals surface area contributed by atoms with Gasteiger partial charge in [0.2, 0.25) is 0 Å². The summed E-state index contributed by atoms with van der Waals surface area (Å²) >= 11 is 0. The summed E-state index contributed by atoms with van der Waals surface area (Å²) < 4.78 is 6.01. The first-order valence-corrected chi connectivity index (χ1v) is 6.93. The van der Waals surface area contributed by atoms with Crippen molar-refractivity contribution < 1.29 is 9.66 Å². The van der Waals surface area contributed by atoms with E-state index >= 15 is 0 Å². The summed E-state index contributed by atoms with van der Waals surface area (Å²) in [7, 11) is 0. The molecule has 1 atom stereocenters. The lowest BCUT2D eigenvalue weighted by Gasteiger charge is -2.19. The molecule has 1 unspecified atom stereocenters. The molecule has 0 amide bonds. The molecule has 5 nitrogen and oxygen atoms in total. The highest BCUT2D eigenvalue weighted by molar-refractivity contribution is 5.37. The zero-order chi connectivity index (χ0) is 14.7. The molecule has 108 valence electrons. The van der Waals surface area contributed by atoms with Crippen LogP contribution < -0.4 is 10.1 Å². The second-order valence-electron chi connectivity index (χ2n) is 5.01. The van der Waals surface area contributed by atoms with Gasteiger partial charge in [0.05, 0.1) is 4.92 Å². The molecule has 0 aliphatic carbocycles. The van der Waals surface area contributed by atoms with Gasteiger partial charge in [0.1, 0.15) is 11.9 Å². The van der Waals surface area contributed by atoms with E-state index in [1.165, 1.54) is 23.3 Å². The fourth-order valence-corrected chi connectivity index (χ4v) is 2.56. The van der Waals surface area contributed by atoms with Crippen LogP contribution in [0.1, 0.15) is 17.2 Å². The third-order valence-electron chi connectivity index (χ3n) is 3.63. The summed E-state index contributed by atoms with van der Waals surface area (Å²) in [5.41, 5.74) is 2.54. The molecule has 0 saturated heterocycles. The van der Waals surface area contributed by atoms with E-state index in [4.69, 9.17) is 4.74 Å². The molecular weight excluding hydrogens is 268 g/mol. The third-order valence-corrected chi connectivity index (χ3v) is 3.63. The topological polar surface area (TPSA) is 64.4 Å². The zero-order valence-corrected chi connectivity index (χ0v) is 11.5. The van der Waals surface area contributed by atoms with Crippen molar-refractivity contribution in [3.05, 3.63) is 69.8 Å². The average molecular weight is 284 g/mol. The van der Waals surface area contributed by atoms with E-state index in [1.807, 2.05) is 12.1 Å². The largest absolute Gasteiger partial charge is 0.484 e. The van der Waals surface area contributed by atoms with Crippen molar-refractivity contribution in [3.63, 3.8) is 0 Å². The normalized spacial score (nSPS) is 17.6. The highest BCUT2D eigenvalue weighted by Crippen LogP contribution is 2.27. The molecule has 1 heterocycles. The number of nitrogens with zero attached hydrogens (tertiary/aromatic N) is 1. The molecule has 0 fully saturated rings. The first-order chi connectivity index (χ1) is 10.2. The van der Waals surface area contributed by atoms with Gasteiger partial charge in [-0.1, -0.05) is 24.3 Å². The van der Waals surface area contributed by atoms with Gasteiger partial charge >= 0.3 is 0 Å².